The summed E-state index contributed by atoms with van der Waals surface area (Å²) in [5.41, 5.74) is 2.45. The Hall–Kier alpha value is -2.05. The van der Waals surface area contributed by atoms with Gasteiger partial charge in [-0.3, -0.25) is 4.79 Å². The van der Waals surface area contributed by atoms with Crippen LogP contribution in [0.5, 0.6) is 0 Å². The summed E-state index contributed by atoms with van der Waals surface area (Å²) in [4.78, 5) is 16.4. The monoisotopic (exact) mass is 317 g/mol. The minimum Gasteiger partial charge on any atom is -0.347 e. The lowest BCUT2D eigenvalue weighted by atomic mass is 10.1. The predicted molar refractivity (Wildman–Crippen MR) is 85.4 cm³/mol. The Bertz CT molecular complexity index is 694. The van der Waals surface area contributed by atoms with Crippen LogP contribution in [0, 0.1) is 5.82 Å². The molecule has 2 heterocycles. The predicted octanol–water partition coefficient (Wildman–Crippen LogP) is 2.60. The Morgan fingerprint density at radius 2 is 2.18 bits per heavy atom. The summed E-state index contributed by atoms with van der Waals surface area (Å²) in [6.45, 7) is 2.37. The molecule has 0 radical (unpaired) electrons. The van der Waals surface area contributed by atoms with Gasteiger partial charge in [-0.05, 0) is 37.2 Å². The fourth-order valence-corrected chi connectivity index (χ4v) is 3.02. The van der Waals surface area contributed by atoms with Crippen LogP contribution >= 0.6 is 11.3 Å². The standard InChI is InChI=1S/C16H16FN3OS/c17-13-3-1-12(2-4-13)16-20-14(10-22-16)15(21)19-9-11-5-7-18-8-6-11/h1-5,10,18H,6-9H2,(H,19,21). The molecule has 1 aromatic carbocycles. The van der Waals surface area contributed by atoms with E-state index in [1.807, 2.05) is 0 Å². The molecule has 0 aliphatic carbocycles. The molecule has 1 aliphatic heterocycles. The van der Waals surface area contributed by atoms with Gasteiger partial charge >= 0.3 is 0 Å². The van der Waals surface area contributed by atoms with Crippen LogP contribution in [0.2, 0.25) is 0 Å². The molecule has 0 atom stereocenters. The number of thiazole rings is 1. The number of hydrogen-bond acceptors (Lipinski definition) is 4. The molecule has 1 aromatic heterocycles. The second-order valence-electron chi connectivity index (χ2n) is 5.04. The molecular weight excluding hydrogens is 301 g/mol. The number of benzene rings is 1. The molecule has 0 unspecified atom stereocenters. The van der Waals surface area contributed by atoms with E-state index in [9.17, 15) is 9.18 Å². The lowest BCUT2D eigenvalue weighted by molar-refractivity contribution is 0.0952. The van der Waals surface area contributed by atoms with Gasteiger partial charge in [-0.25, -0.2) is 9.37 Å². The summed E-state index contributed by atoms with van der Waals surface area (Å²) in [6.07, 6.45) is 3.06. The van der Waals surface area contributed by atoms with Crippen LogP contribution in [0.3, 0.4) is 0 Å². The largest absolute Gasteiger partial charge is 0.347 e. The normalized spacial score (nSPS) is 14.5. The highest BCUT2D eigenvalue weighted by Crippen LogP contribution is 2.23. The van der Waals surface area contributed by atoms with Crippen molar-refractivity contribution in [3.63, 3.8) is 0 Å². The number of carbonyl (C=O) groups is 1. The number of rotatable bonds is 4. The second kappa shape index (κ2) is 6.81. The molecule has 114 valence electrons. The van der Waals surface area contributed by atoms with Crippen LogP contribution in [-0.4, -0.2) is 30.5 Å². The van der Waals surface area contributed by atoms with Crippen molar-refractivity contribution < 1.29 is 9.18 Å². The Morgan fingerprint density at radius 1 is 1.36 bits per heavy atom. The fourth-order valence-electron chi connectivity index (χ4n) is 2.22. The molecule has 22 heavy (non-hydrogen) atoms. The minimum absolute atomic E-state index is 0.177. The van der Waals surface area contributed by atoms with Crippen LogP contribution in [0.15, 0.2) is 41.3 Å². The first kappa shape index (κ1) is 14.9. The molecule has 6 heteroatoms. The van der Waals surface area contributed by atoms with E-state index in [1.165, 1.54) is 29.0 Å². The maximum absolute atomic E-state index is 12.9. The van der Waals surface area contributed by atoms with Crippen LogP contribution in [-0.2, 0) is 0 Å². The van der Waals surface area contributed by atoms with Crippen molar-refractivity contribution in [2.45, 2.75) is 6.42 Å². The number of nitrogens with zero attached hydrogens (tertiary/aromatic N) is 1. The van der Waals surface area contributed by atoms with E-state index in [-0.39, 0.29) is 11.7 Å². The average Bonchev–Trinajstić information content (AvgIpc) is 3.04. The van der Waals surface area contributed by atoms with E-state index in [4.69, 9.17) is 0 Å². The molecule has 1 amide bonds. The third kappa shape index (κ3) is 3.58. The van der Waals surface area contributed by atoms with E-state index in [2.05, 4.69) is 21.7 Å². The van der Waals surface area contributed by atoms with Crippen molar-refractivity contribution in [1.29, 1.82) is 0 Å². The Kier molecular flexibility index (Phi) is 4.60. The molecule has 0 bridgehead atoms. The van der Waals surface area contributed by atoms with Crippen LogP contribution in [0.4, 0.5) is 4.39 Å². The Morgan fingerprint density at radius 3 is 2.91 bits per heavy atom. The zero-order valence-electron chi connectivity index (χ0n) is 11.9. The first-order chi connectivity index (χ1) is 10.7. The number of carbonyl (C=O) groups excluding carboxylic acids is 1. The SMILES string of the molecule is O=C(NCC1=CCNCC1)c1csc(-c2ccc(F)cc2)n1. The van der Waals surface area contributed by atoms with E-state index in [1.54, 1.807) is 17.5 Å². The first-order valence-corrected chi connectivity index (χ1v) is 7.98. The smallest absolute Gasteiger partial charge is 0.271 e. The van der Waals surface area contributed by atoms with Crippen LogP contribution in [0.1, 0.15) is 16.9 Å². The van der Waals surface area contributed by atoms with Gasteiger partial charge in [-0.2, -0.15) is 0 Å². The van der Waals surface area contributed by atoms with Crippen LogP contribution < -0.4 is 10.6 Å². The average molecular weight is 317 g/mol. The summed E-state index contributed by atoms with van der Waals surface area (Å²) in [5, 5.41) is 8.57. The topological polar surface area (TPSA) is 54.0 Å². The first-order valence-electron chi connectivity index (χ1n) is 7.10. The molecule has 0 saturated heterocycles. The number of hydrogen-bond donors (Lipinski definition) is 2. The minimum atomic E-state index is -0.284. The van der Waals surface area contributed by atoms with Gasteiger partial charge in [0.25, 0.3) is 5.91 Å². The van der Waals surface area contributed by atoms with Crippen molar-refractivity contribution in [1.82, 2.24) is 15.6 Å². The van der Waals surface area contributed by atoms with E-state index >= 15 is 0 Å². The molecule has 4 nitrogen and oxygen atoms in total. The van der Waals surface area contributed by atoms with Gasteiger partial charge < -0.3 is 10.6 Å². The van der Waals surface area contributed by atoms with Crippen molar-refractivity contribution in [3.8, 4) is 10.6 Å². The Balaban J connectivity index is 1.64. The summed E-state index contributed by atoms with van der Waals surface area (Å²) < 4.78 is 12.9. The molecule has 3 rings (SSSR count). The van der Waals surface area contributed by atoms with Gasteiger partial charge in [0.05, 0.1) is 0 Å². The highest BCUT2D eigenvalue weighted by Gasteiger charge is 2.12. The van der Waals surface area contributed by atoms with Gasteiger partial charge in [0.1, 0.15) is 16.5 Å². The van der Waals surface area contributed by atoms with E-state index in [0.29, 0.717) is 17.2 Å². The maximum Gasteiger partial charge on any atom is 0.271 e. The van der Waals surface area contributed by atoms with Crippen LogP contribution in [0.25, 0.3) is 10.6 Å². The molecule has 0 fully saturated rings. The number of aromatic nitrogens is 1. The summed E-state index contributed by atoms with van der Waals surface area (Å²) in [6, 6.07) is 6.10. The molecule has 0 spiro atoms. The van der Waals surface area contributed by atoms with E-state index < -0.39 is 0 Å². The van der Waals surface area contributed by atoms with Gasteiger partial charge in [-0.1, -0.05) is 11.6 Å². The van der Waals surface area contributed by atoms with Crippen molar-refractivity contribution in [3.05, 3.63) is 52.8 Å². The molecule has 1 aliphatic rings. The van der Waals surface area contributed by atoms with Gasteiger partial charge in [0, 0.05) is 24.0 Å². The molecule has 2 aromatic rings. The zero-order chi connectivity index (χ0) is 15.4. The summed E-state index contributed by atoms with van der Waals surface area (Å²) in [7, 11) is 0. The zero-order valence-corrected chi connectivity index (χ0v) is 12.8. The summed E-state index contributed by atoms with van der Waals surface area (Å²) in [5.74, 6) is -0.461. The quantitative estimate of drug-likeness (QED) is 0.852. The van der Waals surface area contributed by atoms with Gasteiger partial charge in [-0.15, -0.1) is 11.3 Å². The maximum atomic E-state index is 12.9. The summed E-state index contributed by atoms with van der Waals surface area (Å²) >= 11 is 1.38. The Labute approximate surface area is 132 Å². The molecule has 2 N–H and O–H groups in total. The lowest BCUT2D eigenvalue weighted by Crippen LogP contribution is -2.29. The third-order valence-corrected chi connectivity index (χ3v) is 4.35. The number of amides is 1. The fraction of sp³-hybridized carbons (Fsp3) is 0.250. The highest BCUT2D eigenvalue weighted by atomic mass is 32.1. The molecule has 0 saturated carbocycles. The lowest BCUT2D eigenvalue weighted by Gasteiger charge is -2.14. The van der Waals surface area contributed by atoms with Crippen molar-refractivity contribution >= 4 is 17.2 Å². The van der Waals surface area contributed by atoms with Gasteiger partial charge in [0.2, 0.25) is 0 Å². The second-order valence-corrected chi connectivity index (χ2v) is 5.90. The third-order valence-electron chi connectivity index (χ3n) is 3.46. The van der Waals surface area contributed by atoms with Crippen molar-refractivity contribution in [2.75, 3.05) is 19.6 Å². The van der Waals surface area contributed by atoms with E-state index in [0.717, 1.165) is 25.1 Å². The number of halogens is 1. The van der Waals surface area contributed by atoms with Crippen molar-refractivity contribution in [2.24, 2.45) is 0 Å². The number of nitrogens with one attached hydrogen (secondary N) is 2. The highest BCUT2D eigenvalue weighted by molar-refractivity contribution is 7.13. The van der Waals surface area contributed by atoms with Gasteiger partial charge in [0.15, 0.2) is 0 Å². The molecular formula is C16H16FN3OS.